The largest absolute Gasteiger partial charge is 0.382 e. The van der Waals surface area contributed by atoms with E-state index in [4.69, 9.17) is 123 Å². The van der Waals surface area contributed by atoms with Crippen molar-refractivity contribution in [2.75, 3.05) is 329 Å². The second kappa shape index (κ2) is 70.3. The second-order valence-corrected chi connectivity index (χ2v) is 22.1. The van der Waals surface area contributed by atoms with E-state index in [1.165, 1.54) is 0 Å². The number of allylic oxidation sites excluding steroid dienone is 4. The zero-order chi connectivity index (χ0) is 70.2. The number of hydrogen-bond acceptors (Lipinski definition) is 30. The van der Waals surface area contributed by atoms with Gasteiger partial charge in [0.05, 0.1) is 328 Å². The molecule has 1 N–H and O–H groups in total. The number of para-hydroxylation sites is 1. The van der Waals surface area contributed by atoms with Crippen molar-refractivity contribution < 1.29 is 128 Å². The van der Waals surface area contributed by atoms with Crippen LogP contribution in [0.3, 0.4) is 0 Å². The molecule has 99 heavy (non-hydrogen) atoms. The van der Waals surface area contributed by atoms with Gasteiger partial charge in [0.15, 0.2) is 0 Å². The predicted molar refractivity (Wildman–Crippen MR) is 370 cm³/mol. The normalized spacial score (nSPS) is 13.5. The SMILES string of the molecule is COCCOCCOCCOCCOCCOCCOCCOCCOCCOCCOCCOCCOCCOCCOCCOCCOCCOCCOCCOCCOCCOCCOCCOCCN1/C(=C\C=C\C=Nc2ccccc2)C(C)(C)c2cc(SOOO)ccc21. The topological polar surface area (TPSA) is 276 Å². The van der Waals surface area contributed by atoms with Gasteiger partial charge in [-0.05, 0) is 48.0 Å². The van der Waals surface area contributed by atoms with E-state index < -0.39 is 0 Å². The summed E-state index contributed by atoms with van der Waals surface area (Å²) in [5, 5.41) is 12.5. The van der Waals surface area contributed by atoms with Crippen molar-refractivity contribution in [2.45, 2.75) is 24.2 Å². The van der Waals surface area contributed by atoms with Crippen LogP contribution in [-0.4, -0.2) is 336 Å². The Morgan fingerprint density at radius 1 is 0.354 bits per heavy atom. The van der Waals surface area contributed by atoms with Crippen molar-refractivity contribution >= 4 is 29.6 Å². The van der Waals surface area contributed by atoms with Crippen molar-refractivity contribution in [3.63, 3.8) is 0 Å². The van der Waals surface area contributed by atoms with Crippen LogP contribution in [0, 0.1) is 0 Å². The smallest absolute Gasteiger partial charge is 0.0714 e. The fourth-order valence-corrected chi connectivity index (χ4v) is 8.98. The minimum Gasteiger partial charge on any atom is -0.382 e. The Kier molecular flexibility index (Phi) is 63.8. The predicted octanol–water partition coefficient (Wildman–Crippen LogP) is 6.08. The lowest BCUT2D eigenvalue weighted by Gasteiger charge is -2.27. The minimum absolute atomic E-state index is 0.321. The molecular weight excluding hydrogens is 1320 g/mol. The molecule has 0 aromatic heterocycles. The molecule has 30 heteroatoms. The number of fused-ring (bicyclic) bond motifs is 1. The molecule has 0 atom stereocenters. The van der Waals surface area contributed by atoms with E-state index in [1.807, 2.05) is 60.7 Å². The number of benzene rings is 2. The lowest BCUT2D eigenvalue weighted by Crippen LogP contribution is -2.29. The van der Waals surface area contributed by atoms with Crippen LogP contribution in [0.1, 0.15) is 19.4 Å². The van der Waals surface area contributed by atoms with Gasteiger partial charge in [-0.25, -0.2) is 5.26 Å². The van der Waals surface area contributed by atoms with E-state index in [0.29, 0.717) is 317 Å². The van der Waals surface area contributed by atoms with Crippen LogP contribution < -0.4 is 4.90 Å². The van der Waals surface area contributed by atoms with Crippen LogP contribution in [0.2, 0.25) is 0 Å². The number of nitrogens with zero attached hydrogens (tertiary/aromatic N) is 2. The van der Waals surface area contributed by atoms with Gasteiger partial charge in [0, 0.05) is 41.6 Å². The first-order chi connectivity index (χ1) is 49.1. The van der Waals surface area contributed by atoms with E-state index in [2.05, 4.69) is 34.9 Å². The third-order valence-electron chi connectivity index (χ3n) is 13.5. The van der Waals surface area contributed by atoms with Crippen molar-refractivity contribution in [3.8, 4) is 0 Å². The molecule has 3 rings (SSSR count). The Labute approximate surface area is 591 Å². The third-order valence-corrected chi connectivity index (χ3v) is 14.1. The summed E-state index contributed by atoms with van der Waals surface area (Å²) in [5.74, 6) is 0. The standard InChI is InChI=1S/C69H118N2O27S/c1-69(2)66-63-65(99-98-97-72)12-13-67(66)71(68(69)11-7-8-14-70-64-9-5-4-6-10-64)15-16-74-19-20-76-23-24-78-27-28-80-31-32-82-35-36-84-39-40-86-43-44-88-47-48-90-51-52-92-55-56-94-59-60-96-62-61-95-58-57-93-54-53-91-50-49-89-46-45-87-42-41-85-38-37-83-34-33-81-30-29-79-26-25-77-22-21-75-18-17-73-3/h4-14,63,72H,15-62H2,1-3H3/b8-7+,68-11-,70-14?. The number of aliphatic imine (C=N–C) groups is 1. The molecule has 0 unspecified atom stereocenters. The van der Waals surface area contributed by atoms with E-state index in [0.717, 1.165) is 39.6 Å². The zero-order valence-corrected chi connectivity index (χ0v) is 60.1. The Morgan fingerprint density at radius 3 is 0.899 bits per heavy atom. The summed E-state index contributed by atoms with van der Waals surface area (Å²) < 4.78 is 137. The van der Waals surface area contributed by atoms with Crippen molar-refractivity contribution in [1.29, 1.82) is 0 Å². The monoisotopic (exact) mass is 1440 g/mol. The van der Waals surface area contributed by atoms with Crippen molar-refractivity contribution in [2.24, 2.45) is 4.99 Å². The Balaban J connectivity index is 0.914. The average Bonchev–Trinajstić information content (AvgIpc) is 1.60. The highest BCUT2D eigenvalue weighted by Crippen LogP contribution is 2.48. The van der Waals surface area contributed by atoms with Gasteiger partial charge in [0.1, 0.15) is 0 Å². The van der Waals surface area contributed by atoms with Crippen LogP contribution in [0.15, 0.2) is 82.3 Å². The quantitative estimate of drug-likeness (QED) is 0.0258. The van der Waals surface area contributed by atoms with E-state index in [9.17, 15) is 0 Å². The molecule has 0 spiro atoms. The summed E-state index contributed by atoms with van der Waals surface area (Å²) in [6, 6.07) is 15.8. The summed E-state index contributed by atoms with van der Waals surface area (Å²) in [5.41, 5.74) is 3.88. The van der Waals surface area contributed by atoms with Crippen LogP contribution in [0.5, 0.6) is 0 Å². The maximum atomic E-state index is 8.67. The van der Waals surface area contributed by atoms with Gasteiger partial charge in [0.2, 0.25) is 0 Å². The molecule has 0 saturated carbocycles. The molecule has 1 heterocycles. The molecule has 1 aliphatic heterocycles. The van der Waals surface area contributed by atoms with Crippen molar-refractivity contribution in [1.82, 2.24) is 0 Å². The molecular formula is C69H118N2O27S. The van der Waals surface area contributed by atoms with Crippen LogP contribution in [-0.2, 0) is 128 Å². The number of hydrogen-bond donors (Lipinski definition) is 1. The highest BCUT2D eigenvalue weighted by atomic mass is 32.2. The molecule has 0 aliphatic carbocycles. The lowest BCUT2D eigenvalue weighted by molar-refractivity contribution is -0.432. The van der Waals surface area contributed by atoms with E-state index in [-0.39, 0.29) is 5.41 Å². The summed E-state index contributed by atoms with van der Waals surface area (Å²) in [7, 11) is 1.64. The van der Waals surface area contributed by atoms with Gasteiger partial charge in [-0.1, -0.05) is 43.2 Å². The summed E-state index contributed by atoms with van der Waals surface area (Å²) in [6.07, 6.45) is 7.82. The first kappa shape index (κ1) is 89.9. The van der Waals surface area contributed by atoms with Gasteiger partial charge < -0.3 is 119 Å². The molecule has 1 aliphatic rings. The van der Waals surface area contributed by atoms with Crippen molar-refractivity contribution in [3.05, 3.63) is 78.0 Å². The number of anilines is 1. The van der Waals surface area contributed by atoms with E-state index in [1.54, 1.807) is 13.3 Å². The van der Waals surface area contributed by atoms with Gasteiger partial charge in [-0.3, -0.25) is 4.99 Å². The number of methoxy groups -OCH3 is 1. The lowest BCUT2D eigenvalue weighted by atomic mass is 9.83. The molecule has 572 valence electrons. The van der Waals surface area contributed by atoms with Gasteiger partial charge in [-0.2, -0.15) is 0 Å². The molecule has 0 bridgehead atoms. The highest BCUT2D eigenvalue weighted by Gasteiger charge is 2.40. The fraction of sp³-hybridized carbons (Fsp3) is 0.754. The maximum absolute atomic E-state index is 8.67. The molecule has 2 aromatic carbocycles. The first-order valence-corrected chi connectivity index (χ1v) is 35.1. The van der Waals surface area contributed by atoms with Crippen LogP contribution >= 0.6 is 12.0 Å². The van der Waals surface area contributed by atoms with Crippen LogP contribution in [0.4, 0.5) is 11.4 Å². The Morgan fingerprint density at radius 2 is 0.626 bits per heavy atom. The molecule has 29 nitrogen and oxygen atoms in total. The van der Waals surface area contributed by atoms with Crippen LogP contribution in [0.25, 0.3) is 0 Å². The van der Waals surface area contributed by atoms with Gasteiger partial charge in [0.25, 0.3) is 0 Å². The first-order valence-electron chi connectivity index (χ1n) is 34.4. The van der Waals surface area contributed by atoms with E-state index >= 15 is 0 Å². The molecule has 0 saturated heterocycles. The molecule has 2 aromatic rings. The average molecular weight is 1440 g/mol. The fourth-order valence-electron chi connectivity index (χ4n) is 8.58. The van der Waals surface area contributed by atoms with Gasteiger partial charge >= 0.3 is 0 Å². The number of ether oxygens (including phenoxy) is 24. The minimum atomic E-state index is -0.321. The molecule has 0 amide bonds. The number of rotatable bonds is 78. The Hall–Kier alpha value is -3.34. The summed E-state index contributed by atoms with van der Waals surface area (Å²) >= 11 is 0.941. The maximum Gasteiger partial charge on any atom is 0.0714 e. The summed E-state index contributed by atoms with van der Waals surface area (Å²) in [6.45, 7) is 28.0. The summed E-state index contributed by atoms with van der Waals surface area (Å²) in [4.78, 5) is 7.57. The highest BCUT2D eigenvalue weighted by molar-refractivity contribution is 7.94. The zero-order valence-electron chi connectivity index (χ0n) is 59.2. The Bertz CT molecular complexity index is 2130. The third kappa shape index (κ3) is 54.0. The second-order valence-electron chi connectivity index (χ2n) is 21.3. The van der Waals surface area contributed by atoms with Gasteiger partial charge in [-0.15, -0.1) is 4.33 Å². The molecule has 0 radical (unpaired) electrons. The molecule has 0 fully saturated rings.